The molecule has 0 bridgehead atoms. The Morgan fingerprint density at radius 3 is 2.50 bits per heavy atom. The van der Waals surface area contributed by atoms with Gasteiger partial charge in [-0.05, 0) is 38.2 Å². The number of hydrogen-bond acceptors (Lipinski definition) is 1. The van der Waals surface area contributed by atoms with E-state index < -0.39 is 0 Å². The molecule has 0 aliphatic heterocycles. The summed E-state index contributed by atoms with van der Waals surface area (Å²) in [5, 5.41) is 0. The Labute approximate surface area is 75.6 Å². The summed E-state index contributed by atoms with van der Waals surface area (Å²) in [7, 11) is 0. The fourth-order valence-corrected chi connectivity index (χ4v) is 0.718. The highest BCUT2D eigenvalue weighted by molar-refractivity contribution is 5.60. The van der Waals surface area contributed by atoms with Crippen molar-refractivity contribution in [1.29, 1.82) is 0 Å². The molecule has 0 radical (unpaired) electrons. The molecule has 0 aromatic rings. The molecule has 0 heterocycles. The third-order valence-electron chi connectivity index (χ3n) is 1.58. The first-order chi connectivity index (χ1) is 5.76. The van der Waals surface area contributed by atoms with Gasteiger partial charge in [0.1, 0.15) is 5.70 Å². The average Bonchev–Trinajstić information content (AvgIpc) is 2.11. The van der Waals surface area contributed by atoms with Crippen LogP contribution >= 0.6 is 0 Å². The molecule has 0 fully saturated rings. The molecule has 0 saturated heterocycles. The van der Waals surface area contributed by atoms with Crippen LogP contribution in [0.4, 0.5) is 0 Å². The summed E-state index contributed by atoms with van der Waals surface area (Å²) in [4.78, 5) is 4.28. The van der Waals surface area contributed by atoms with Gasteiger partial charge in [-0.1, -0.05) is 19.8 Å². The Bertz CT molecular complexity index is 235. The van der Waals surface area contributed by atoms with Crippen LogP contribution in [0.3, 0.4) is 0 Å². The van der Waals surface area contributed by atoms with E-state index in [0.29, 0.717) is 0 Å². The first-order valence-corrected chi connectivity index (χ1v) is 4.41. The van der Waals surface area contributed by atoms with Crippen molar-refractivity contribution in [3.8, 4) is 11.8 Å². The van der Waals surface area contributed by atoms with E-state index in [1.165, 1.54) is 5.57 Å². The molecular weight excluding hydrogens is 146 g/mol. The van der Waals surface area contributed by atoms with Gasteiger partial charge in [-0.25, -0.2) is 0 Å². The van der Waals surface area contributed by atoms with E-state index >= 15 is 0 Å². The summed E-state index contributed by atoms with van der Waals surface area (Å²) in [5.41, 5.74) is 2.19. The number of nitrogens with zero attached hydrogens (tertiary/aromatic N) is 1. The van der Waals surface area contributed by atoms with Crippen molar-refractivity contribution in [2.45, 2.75) is 40.5 Å². The first-order valence-electron chi connectivity index (χ1n) is 4.41. The van der Waals surface area contributed by atoms with Crippen LogP contribution < -0.4 is 0 Å². The summed E-state index contributed by atoms with van der Waals surface area (Å²) < 4.78 is 0. The van der Waals surface area contributed by atoms with Crippen LogP contribution in [0.15, 0.2) is 16.3 Å². The summed E-state index contributed by atoms with van der Waals surface area (Å²) in [5.74, 6) is 5.87. The zero-order chi connectivity index (χ0) is 9.40. The Morgan fingerprint density at radius 2 is 2.08 bits per heavy atom. The van der Waals surface area contributed by atoms with Gasteiger partial charge in [-0.15, -0.1) is 0 Å². The Hall–Kier alpha value is -1.03. The quantitative estimate of drug-likeness (QED) is 0.447. The van der Waals surface area contributed by atoms with Crippen molar-refractivity contribution in [3.63, 3.8) is 0 Å². The van der Waals surface area contributed by atoms with E-state index in [0.717, 1.165) is 18.5 Å². The lowest BCUT2D eigenvalue weighted by atomic mass is 10.2. The van der Waals surface area contributed by atoms with Gasteiger partial charge >= 0.3 is 0 Å². The molecule has 0 aliphatic rings. The maximum absolute atomic E-state index is 4.28. The molecular formula is C11H17N. The third-order valence-corrected chi connectivity index (χ3v) is 1.58. The number of hydrogen-bond donors (Lipinski definition) is 0. The van der Waals surface area contributed by atoms with Crippen LogP contribution in [0.2, 0.25) is 0 Å². The van der Waals surface area contributed by atoms with Crippen LogP contribution in [0, 0.1) is 11.8 Å². The molecule has 1 heteroatoms. The van der Waals surface area contributed by atoms with Crippen molar-refractivity contribution >= 4 is 6.21 Å². The van der Waals surface area contributed by atoms with Crippen LogP contribution in [0.5, 0.6) is 0 Å². The van der Waals surface area contributed by atoms with Crippen molar-refractivity contribution in [2.24, 2.45) is 4.99 Å². The first kappa shape index (κ1) is 11.0. The van der Waals surface area contributed by atoms with E-state index in [-0.39, 0.29) is 0 Å². The summed E-state index contributed by atoms with van der Waals surface area (Å²) >= 11 is 0. The van der Waals surface area contributed by atoms with Crippen LogP contribution in [-0.2, 0) is 0 Å². The minimum Gasteiger partial charge on any atom is -0.252 e. The Kier molecular flexibility index (Phi) is 6.09. The standard InChI is InChI=1S/C11H17N/c1-5-8-11(10(4)7-3)12-9-6-2/h9H,6-7H2,1-4H3/b11-10-,12-9-. The van der Waals surface area contributed by atoms with Crippen molar-refractivity contribution in [2.75, 3.05) is 0 Å². The van der Waals surface area contributed by atoms with E-state index in [1.54, 1.807) is 0 Å². The molecule has 12 heavy (non-hydrogen) atoms. The summed E-state index contributed by atoms with van der Waals surface area (Å²) in [6, 6.07) is 0. The monoisotopic (exact) mass is 163 g/mol. The fraction of sp³-hybridized carbons (Fsp3) is 0.545. The van der Waals surface area contributed by atoms with E-state index in [9.17, 15) is 0 Å². The molecule has 0 atom stereocenters. The summed E-state index contributed by atoms with van der Waals surface area (Å²) in [6.45, 7) is 8.10. The summed E-state index contributed by atoms with van der Waals surface area (Å²) in [6.07, 6.45) is 3.88. The zero-order valence-corrected chi connectivity index (χ0v) is 8.44. The van der Waals surface area contributed by atoms with E-state index in [4.69, 9.17) is 0 Å². The normalized spacial score (nSPS) is 12.3. The Morgan fingerprint density at radius 1 is 1.42 bits per heavy atom. The Balaban J connectivity index is 4.62. The second kappa shape index (κ2) is 6.67. The van der Waals surface area contributed by atoms with Crippen molar-refractivity contribution in [1.82, 2.24) is 0 Å². The molecule has 66 valence electrons. The third kappa shape index (κ3) is 3.98. The van der Waals surface area contributed by atoms with Gasteiger partial charge in [0.2, 0.25) is 0 Å². The fourth-order valence-electron chi connectivity index (χ4n) is 0.718. The largest absolute Gasteiger partial charge is 0.252 e. The molecule has 0 rings (SSSR count). The van der Waals surface area contributed by atoms with Gasteiger partial charge in [-0.2, -0.15) is 0 Å². The average molecular weight is 163 g/mol. The maximum atomic E-state index is 4.28. The number of allylic oxidation sites excluding steroid dienone is 2. The SMILES string of the molecule is CC#CC(/N=C\CC)=C(\C)CC. The predicted molar refractivity (Wildman–Crippen MR) is 55.2 cm³/mol. The molecule has 0 amide bonds. The topological polar surface area (TPSA) is 12.4 Å². The van der Waals surface area contributed by atoms with Crippen LogP contribution in [-0.4, -0.2) is 6.21 Å². The highest BCUT2D eigenvalue weighted by Gasteiger charge is 1.92. The molecule has 1 nitrogen and oxygen atoms in total. The van der Waals surface area contributed by atoms with E-state index in [2.05, 4.69) is 37.6 Å². The van der Waals surface area contributed by atoms with Gasteiger partial charge in [0.25, 0.3) is 0 Å². The maximum Gasteiger partial charge on any atom is 0.111 e. The number of aliphatic imine (C=N–C) groups is 1. The van der Waals surface area contributed by atoms with E-state index in [1.807, 2.05) is 13.1 Å². The molecule has 0 unspecified atom stereocenters. The smallest absolute Gasteiger partial charge is 0.111 e. The van der Waals surface area contributed by atoms with Gasteiger partial charge in [0.15, 0.2) is 0 Å². The lowest BCUT2D eigenvalue weighted by Gasteiger charge is -1.96. The predicted octanol–water partition coefficient (Wildman–Crippen LogP) is 3.17. The molecule has 0 aromatic carbocycles. The zero-order valence-electron chi connectivity index (χ0n) is 8.44. The molecule has 0 saturated carbocycles. The minimum atomic E-state index is 0.932. The van der Waals surface area contributed by atoms with Crippen LogP contribution in [0.1, 0.15) is 40.5 Å². The molecule has 0 N–H and O–H groups in total. The lowest BCUT2D eigenvalue weighted by Crippen LogP contribution is -1.82. The second-order valence-electron chi connectivity index (χ2n) is 2.58. The molecule has 0 aliphatic carbocycles. The lowest BCUT2D eigenvalue weighted by molar-refractivity contribution is 1.06. The minimum absolute atomic E-state index is 0.932. The molecule has 0 spiro atoms. The second-order valence-corrected chi connectivity index (χ2v) is 2.58. The van der Waals surface area contributed by atoms with Gasteiger partial charge in [0, 0.05) is 6.21 Å². The van der Waals surface area contributed by atoms with Crippen LogP contribution in [0.25, 0.3) is 0 Å². The van der Waals surface area contributed by atoms with Crippen molar-refractivity contribution in [3.05, 3.63) is 11.3 Å². The highest BCUT2D eigenvalue weighted by Crippen LogP contribution is 2.07. The van der Waals surface area contributed by atoms with Crippen molar-refractivity contribution < 1.29 is 0 Å². The van der Waals surface area contributed by atoms with Gasteiger partial charge in [0.05, 0.1) is 0 Å². The molecule has 0 aromatic heterocycles. The van der Waals surface area contributed by atoms with Gasteiger partial charge < -0.3 is 0 Å². The highest BCUT2D eigenvalue weighted by atomic mass is 14.7. The number of rotatable bonds is 3. The van der Waals surface area contributed by atoms with Gasteiger partial charge in [-0.3, -0.25) is 4.99 Å².